The zero-order valence-corrected chi connectivity index (χ0v) is 16.3. The monoisotopic (exact) mass is 392 g/mol. The highest BCUT2D eigenvalue weighted by atomic mass is 32.2. The molecule has 1 aliphatic rings. The number of fused-ring (bicyclic) bond motifs is 1. The second kappa shape index (κ2) is 6.60. The molecule has 0 saturated carbocycles. The Balaban J connectivity index is 1.51. The second-order valence-electron chi connectivity index (χ2n) is 6.19. The van der Waals surface area contributed by atoms with Crippen LogP contribution in [0.5, 0.6) is 0 Å². The first-order chi connectivity index (χ1) is 12.5. The van der Waals surface area contributed by atoms with Crippen LogP contribution in [0, 0.1) is 6.92 Å². The molecule has 0 unspecified atom stereocenters. The number of nitrogens with zero attached hydrogens (tertiary/aromatic N) is 6. The van der Waals surface area contributed by atoms with Crippen LogP contribution in [0.15, 0.2) is 28.5 Å². The summed E-state index contributed by atoms with van der Waals surface area (Å²) in [7, 11) is -3.40. The lowest BCUT2D eigenvalue weighted by Gasteiger charge is -2.34. The van der Waals surface area contributed by atoms with E-state index < -0.39 is 10.0 Å². The van der Waals surface area contributed by atoms with Gasteiger partial charge >= 0.3 is 0 Å². The highest BCUT2D eigenvalue weighted by Gasteiger charge is 2.30. The van der Waals surface area contributed by atoms with Crippen molar-refractivity contribution in [2.75, 3.05) is 31.1 Å². The third-order valence-electron chi connectivity index (χ3n) is 4.50. The Morgan fingerprint density at radius 3 is 2.50 bits per heavy atom. The predicted molar refractivity (Wildman–Crippen MR) is 100 cm³/mol. The molecule has 1 aliphatic heterocycles. The van der Waals surface area contributed by atoms with E-state index in [9.17, 15) is 8.42 Å². The molecule has 0 radical (unpaired) electrons. The van der Waals surface area contributed by atoms with Gasteiger partial charge in [0.1, 0.15) is 10.0 Å². The first kappa shape index (κ1) is 17.4. The summed E-state index contributed by atoms with van der Waals surface area (Å²) >= 11 is 1.32. The van der Waals surface area contributed by atoms with Crippen molar-refractivity contribution in [3.8, 4) is 0 Å². The molecule has 0 amide bonds. The first-order valence-corrected chi connectivity index (χ1v) is 10.8. The van der Waals surface area contributed by atoms with E-state index in [1.807, 2.05) is 32.0 Å². The number of hydrogen-bond acceptors (Lipinski definition) is 7. The zero-order chi connectivity index (χ0) is 18.3. The topological polar surface area (TPSA) is 83.7 Å². The van der Waals surface area contributed by atoms with Crippen molar-refractivity contribution in [3.05, 3.63) is 35.0 Å². The van der Waals surface area contributed by atoms with Crippen molar-refractivity contribution in [2.45, 2.75) is 24.5 Å². The molecule has 0 aromatic carbocycles. The molecule has 4 heterocycles. The first-order valence-electron chi connectivity index (χ1n) is 8.52. The minimum Gasteiger partial charge on any atom is -0.353 e. The molecule has 0 atom stereocenters. The number of anilines is 1. The lowest BCUT2D eigenvalue weighted by Crippen LogP contribution is -2.48. The van der Waals surface area contributed by atoms with Crippen LogP contribution in [0.2, 0.25) is 0 Å². The molecule has 0 N–H and O–H groups in total. The van der Waals surface area contributed by atoms with Gasteiger partial charge in [-0.2, -0.15) is 8.82 Å². The maximum atomic E-state index is 12.7. The molecule has 26 heavy (non-hydrogen) atoms. The van der Waals surface area contributed by atoms with E-state index in [2.05, 4.69) is 20.2 Å². The van der Waals surface area contributed by atoms with Gasteiger partial charge in [0.2, 0.25) is 0 Å². The Bertz CT molecular complexity index is 1030. The molecular formula is C16H20N6O2S2. The maximum absolute atomic E-state index is 12.7. The Morgan fingerprint density at radius 2 is 1.85 bits per heavy atom. The number of aryl methyl sites for hydroxylation is 2. The summed E-state index contributed by atoms with van der Waals surface area (Å²) in [4.78, 5) is 3.10. The molecule has 4 rings (SSSR count). The van der Waals surface area contributed by atoms with Gasteiger partial charge in [-0.15, -0.1) is 26.6 Å². The van der Waals surface area contributed by atoms with E-state index in [0.29, 0.717) is 30.4 Å². The quantitative estimate of drug-likeness (QED) is 0.670. The summed E-state index contributed by atoms with van der Waals surface area (Å²) in [5.74, 6) is 1.63. The van der Waals surface area contributed by atoms with Crippen molar-refractivity contribution in [2.24, 2.45) is 0 Å². The average molecular weight is 393 g/mol. The largest absolute Gasteiger partial charge is 0.353 e. The number of rotatable bonds is 4. The van der Waals surface area contributed by atoms with E-state index >= 15 is 0 Å². The van der Waals surface area contributed by atoms with Crippen molar-refractivity contribution >= 4 is 32.8 Å². The number of aromatic nitrogens is 4. The van der Waals surface area contributed by atoms with Crippen molar-refractivity contribution < 1.29 is 8.42 Å². The lowest BCUT2D eigenvalue weighted by molar-refractivity contribution is 0.384. The fourth-order valence-corrected chi connectivity index (χ4v) is 5.91. The standard InChI is InChI=1S/C16H20N6O2S2/c1-3-13-17-18-14-5-6-15(19-22(13)14)20-8-10-21(11-9-20)26(23,24)16-7-4-12(2)25-16/h4-7H,3,8-11H2,1-2H3. The molecule has 0 spiro atoms. The van der Waals surface area contributed by atoms with Gasteiger partial charge in [0.25, 0.3) is 10.0 Å². The Kier molecular flexibility index (Phi) is 4.41. The molecule has 138 valence electrons. The van der Waals surface area contributed by atoms with Crippen LogP contribution in [0.3, 0.4) is 0 Å². The fraction of sp³-hybridized carbons (Fsp3) is 0.438. The van der Waals surface area contributed by atoms with E-state index in [4.69, 9.17) is 0 Å². The summed E-state index contributed by atoms with van der Waals surface area (Å²) < 4.78 is 29.2. The van der Waals surface area contributed by atoms with Crippen molar-refractivity contribution in [3.63, 3.8) is 0 Å². The molecule has 0 bridgehead atoms. The number of piperazine rings is 1. The SMILES string of the molecule is CCc1nnc2ccc(N3CCN(S(=O)(=O)c4ccc(C)s4)CC3)nn12. The minimum atomic E-state index is -3.40. The molecule has 10 heteroatoms. The van der Waals surface area contributed by atoms with Gasteiger partial charge in [0, 0.05) is 37.5 Å². The highest BCUT2D eigenvalue weighted by molar-refractivity contribution is 7.91. The Hall–Kier alpha value is -2.04. The number of hydrogen-bond donors (Lipinski definition) is 0. The Labute approximate surface area is 156 Å². The molecule has 0 aliphatic carbocycles. The Morgan fingerprint density at radius 1 is 1.08 bits per heavy atom. The molecule has 8 nitrogen and oxygen atoms in total. The molecule has 3 aromatic heterocycles. The molecule has 1 fully saturated rings. The van der Waals surface area contributed by atoms with Crippen LogP contribution in [0.25, 0.3) is 5.65 Å². The predicted octanol–water partition coefficient (Wildman–Crippen LogP) is 1.57. The van der Waals surface area contributed by atoms with E-state index in [1.165, 1.54) is 11.3 Å². The van der Waals surface area contributed by atoms with Crippen LogP contribution >= 0.6 is 11.3 Å². The summed E-state index contributed by atoms with van der Waals surface area (Å²) in [6.45, 7) is 6.03. The van der Waals surface area contributed by atoms with Crippen LogP contribution < -0.4 is 4.90 Å². The molecule has 1 saturated heterocycles. The van der Waals surface area contributed by atoms with E-state index in [0.717, 1.165) is 28.6 Å². The third-order valence-corrected chi connectivity index (χ3v) is 7.87. The fourth-order valence-electron chi connectivity index (χ4n) is 3.05. The highest BCUT2D eigenvalue weighted by Crippen LogP contribution is 2.26. The van der Waals surface area contributed by atoms with Gasteiger partial charge in [-0.25, -0.2) is 8.42 Å². The van der Waals surface area contributed by atoms with E-state index in [1.54, 1.807) is 14.9 Å². The third kappa shape index (κ3) is 2.97. The minimum absolute atomic E-state index is 0.417. The summed E-state index contributed by atoms with van der Waals surface area (Å²) in [6, 6.07) is 7.34. The van der Waals surface area contributed by atoms with E-state index in [-0.39, 0.29) is 0 Å². The summed E-state index contributed by atoms with van der Waals surface area (Å²) in [6.07, 6.45) is 0.754. The van der Waals surface area contributed by atoms with Gasteiger partial charge < -0.3 is 4.90 Å². The maximum Gasteiger partial charge on any atom is 0.252 e. The molecular weight excluding hydrogens is 372 g/mol. The summed E-state index contributed by atoms with van der Waals surface area (Å²) in [5, 5.41) is 12.9. The second-order valence-corrected chi connectivity index (χ2v) is 9.64. The van der Waals surface area contributed by atoms with Crippen LogP contribution in [-0.4, -0.2) is 58.7 Å². The van der Waals surface area contributed by atoms with Gasteiger partial charge in [-0.1, -0.05) is 6.92 Å². The molecule has 3 aromatic rings. The van der Waals surface area contributed by atoms with Crippen molar-refractivity contribution in [1.29, 1.82) is 0 Å². The van der Waals surface area contributed by atoms with Gasteiger partial charge in [-0.3, -0.25) is 0 Å². The normalized spacial score (nSPS) is 16.5. The number of sulfonamides is 1. The smallest absolute Gasteiger partial charge is 0.252 e. The van der Waals surface area contributed by atoms with Gasteiger partial charge in [-0.05, 0) is 31.2 Å². The van der Waals surface area contributed by atoms with Gasteiger partial charge in [0.05, 0.1) is 0 Å². The zero-order valence-electron chi connectivity index (χ0n) is 14.7. The van der Waals surface area contributed by atoms with Gasteiger partial charge in [0.15, 0.2) is 11.5 Å². The number of thiophene rings is 1. The summed E-state index contributed by atoms with van der Waals surface area (Å²) in [5.41, 5.74) is 0.722. The lowest BCUT2D eigenvalue weighted by atomic mass is 10.3. The van der Waals surface area contributed by atoms with Crippen LogP contribution in [0.4, 0.5) is 5.82 Å². The van der Waals surface area contributed by atoms with Crippen LogP contribution in [-0.2, 0) is 16.4 Å². The van der Waals surface area contributed by atoms with Crippen LogP contribution in [0.1, 0.15) is 17.6 Å². The van der Waals surface area contributed by atoms with Crippen molar-refractivity contribution in [1.82, 2.24) is 24.1 Å². The average Bonchev–Trinajstić information content (AvgIpc) is 3.27.